The molecule has 2 saturated carbocycles. The zero-order valence-corrected chi connectivity index (χ0v) is 10.2. The van der Waals surface area contributed by atoms with Gasteiger partial charge in [-0.3, -0.25) is 0 Å². The maximum Gasteiger partial charge on any atom is 0.127 e. The fraction of sp³-hybridized carbons (Fsp3) is 1.00. The molecule has 0 amide bonds. The molecule has 0 atom stereocenters. The van der Waals surface area contributed by atoms with Crippen molar-refractivity contribution in [1.29, 1.82) is 0 Å². The first-order chi connectivity index (χ1) is 6.45. The molecular formula is C12H24BCl. The predicted molar refractivity (Wildman–Crippen MR) is 68.1 cm³/mol. The van der Waals surface area contributed by atoms with Crippen molar-refractivity contribution in [2.24, 2.45) is 0 Å². The number of hydrogen-bond donors (Lipinski definition) is 0. The summed E-state index contributed by atoms with van der Waals surface area (Å²) >= 11 is 0. The normalized spacial score (nSPS) is 25.4. The molecule has 2 aliphatic carbocycles. The van der Waals surface area contributed by atoms with Gasteiger partial charge in [-0.2, -0.15) is 0 Å². The standard InChI is InChI=1S/C12H23B.ClH/c1-3-7-11(8-4-1)13-12-9-5-2-6-10-12;/h11-13H,1-10H2;1H. The van der Waals surface area contributed by atoms with Crippen molar-refractivity contribution < 1.29 is 0 Å². The summed E-state index contributed by atoms with van der Waals surface area (Å²) in [4.78, 5) is 0. The van der Waals surface area contributed by atoms with Gasteiger partial charge >= 0.3 is 0 Å². The minimum absolute atomic E-state index is 0. The van der Waals surface area contributed by atoms with Crippen molar-refractivity contribution in [1.82, 2.24) is 0 Å². The monoisotopic (exact) mass is 214 g/mol. The number of rotatable bonds is 2. The molecule has 0 N–H and O–H groups in total. The van der Waals surface area contributed by atoms with Crippen LogP contribution in [0.15, 0.2) is 0 Å². The second kappa shape index (κ2) is 6.77. The quantitative estimate of drug-likeness (QED) is 0.600. The molecule has 0 nitrogen and oxygen atoms in total. The van der Waals surface area contributed by atoms with Gasteiger partial charge in [0.05, 0.1) is 0 Å². The molecule has 0 spiro atoms. The molecule has 0 bridgehead atoms. The van der Waals surface area contributed by atoms with Crippen molar-refractivity contribution >= 4 is 19.7 Å². The van der Waals surface area contributed by atoms with Crippen LogP contribution in [-0.2, 0) is 0 Å². The van der Waals surface area contributed by atoms with Crippen LogP contribution in [0.25, 0.3) is 0 Å². The summed E-state index contributed by atoms with van der Waals surface area (Å²) in [5.74, 6) is 2.24. The molecule has 0 radical (unpaired) electrons. The van der Waals surface area contributed by atoms with E-state index < -0.39 is 0 Å². The molecule has 0 unspecified atom stereocenters. The Morgan fingerprint density at radius 1 is 0.571 bits per heavy atom. The fourth-order valence-electron chi connectivity index (χ4n) is 3.32. The first kappa shape index (κ1) is 12.4. The second-order valence-electron chi connectivity index (χ2n) is 5.24. The van der Waals surface area contributed by atoms with E-state index in [1.807, 2.05) is 0 Å². The summed E-state index contributed by atoms with van der Waals surface area (Å²) in [6.45, 7) is 0. The topological polar surface area (TPSA) is 0 Å². The molecule has 14 heavy (non-hydrogen) atoms. The minimum atomic E-state index is 0. The molecule has 2 heteroatoms. The lowest BCUT2D eigenvalue weighted by Gasteiger charge is -2.27. The SMILES string of the molecule is B(C1CCCCC1)C1CCCCC1.Cl. The Hall–Kier alpha value is 0.355. The van der Waals surface area contributed by atoms with Crippen molar-refractivity contribution in [2.75, 3.05) is 0 Å². The maximum atomic E-state index is 1.58. The molecule has 0 aromatic heterocycles. The molecule has 82 valence electrons. The van der Waals surface area contributed by atoms with E-state index in [0.29, 0.717) is 0 Å². The van der Waals surface area contributed by atoms with Crippen molar-refractivity contribution in [3.05, 3.63) is 0 Å². The minimum Gasteiger partial charge on any atom is -0.147 e. The Labute approximate surface area is 95.9 Å². The Morgan fingerprint density at radius 2 is 0.929 bits per heavy atom. The number of hydrogen-bond acceptors (Lipinski definition) is 0. The van der Waals surface area contributed by atoms with E-state index in [0.717, 1.165) is 11.6 Å². The van der Waals surface area contributed by atoms with Crippen molar-refractivity contribution in [3.63, 3.8) is 0 Å². The zero-order valence-electron chi connectivity index (χ0n) is 9.34. The van der Waals surface area contributed by atoms with Crippen LogP contribution in [0.3, 0.4) is 0 Å². The van der Waals surface area contributed by atoms with E-state index in [-0.39, 0.29) is 12.4 Å². The molecule has 0 saturated heterocycles. The average molecular weight is 215 g/mol. The van der Waals surface area contributed by atoms with E-state index >= 15 is 0 Å². The first-order valence-corrected chi connectivity index (χ1v) is 6.45. The van der Waals surface area contributed by atoms with Gasteiger partial charge in [-0.25, -0.2) is 0 Å². The lowest BCUT2D eigenvalue weighted by atomic mass is 9.48. The summed E-state index contributed by atoms with van der Waals surface area (Å²) in [5, 5.41) is 0. The summed E-state index contributed by atoms with van der Waals surface area (Å²) < 4.78 is 0. The molecule has 0 heterocycles. The van der Waals surface area contributed by atoms with Crippen LogP contribution in [0, 0.1) is 0 Å². The van der Waals surface area contributed by atoms with Gasteiger partial charge in [0.25, 0.3) is 0 Å². The lowest BCUT2D eigenvalue weighted by Crippen LogP contribution is -2.16. The van der Waals surface area contributed by atoms with E-state index in [4.69, 9.17) is 0 Å². The Kier molecular flexibility index (Phi) is 6.01. The van der Waals surface area contributed by atoms with Gasteiger partial charge in [0.15, 0.2) is 0 Å². The lowest BCUT2D eigenvalue weighted by molar-refractivity contribution is 0.470. The Balaban J connectivity index is 0.000000980. The molecule has 2 aliphatic rings. The van der Waals surface area contributed by atoms with Crippen LogP contribution in [0.5, 0.6) is 0 Å². The highest BCUT2D eigenvalue weighted by Crippen LogP contribution is 2.36. The van der Waals surface area contributed by atoms with Crippen molar-refractivity contribution in [2.45, 2.75) is 75.8 Å². The molecule has 0 aliphatic heterocycles. The Bertz CT molecular complexity index is 121. The smallest absolute Gasteiger partial charge is 0.127 e. The van der Waals surface area contributed by atoms with Crippen LogP contribution >= 0.6 is 12.4 Å². The predicted octanol–water partition coefficient (Wildman–Crippen LogP) is 4.35. The zero-order chi connectivity index (χ0) is 8.93. The van der Waals surface area contributed by atoms with Crippen LogP contribution < -0.4 is 0 Å². The third kappa shape index (κ3) is 3.84. The third-order valence-corrected chi connectivity index (χ3v) is 4.12. The average Bonchev–Trinajstić information content (AvgIpc) is 2.21. The third-order valence-electron chi connectivity index (χ3n) is 4.12. The van der Waals surface area contributed by atoms with E-state index in [2.05, 4.69) is 0 Å². The van der Waals surface area contributed by atoms with Crippen molar-refractivity contribution in [3.8, 4) is 0 Å². The maximum absolute atomic E-state index is 1.58. The van der Waals surface area contributed by atoms with E-state index in [9.17, 15) is 0 Å². The van der Waals surface area contributed by atoms with Gasteiger partial charge in [0.2, 0.25) is 0 Å². The van der Waals surface area contributed by atoms with Crippen LogP contribution in [0.1, 0.15) is 64.2 Å². The van der Waals surface area contributed by atoms with Gasteiger partial charge in [0.1, 0.15) is 7.28 Å². The molecule has 0 aromatic rings. The van der Waals surface area contributed by atoms with Gasteiger partial charge in [-0.1, -0.05) is 75.8 Å². The van der Waals surface area contributed by atoms with Crippen LogP contribution in [-0.4, -0.2) is 7.28 Å². The summed E-state index contributed by atoms with van der Waals surface area (Å²) in [5.41, 5.74) is 0. The van der Waals surface area contributed by atoms with Gasteiger partial charge in [-0.05, 0) is 0 Å². The van der Waals surface area contributed by atoms with Gasteiger partial charge in [-0.15, -0.1) is 12.4 Å². The first-order valence-electron chi connectivity index (χ1n) is 6.45. The summed E-state index contributed by atoms with van der Waals surface area (Å²) in [7, 11) is 1.58. The highest BCUT2D eigenvalue weighted by molar-refractivity contribution is 6.39. The molecule has 0 aromatic carbocycles. The summed E-state index contributed by atoms with van der Waals surface area (Å²) in [6, 6.07) is 0. The molecule has 2 rings (SSSR count). The summed E-state index contributed by atoms with van der Waals surface area (Å²) in [6.07, 6.45) is 15.3. The molecule has 2 fully saturated rings. The van der Waals surface area contributed by atoms with E-state index in [1.165, 1.54) is 38.5 Å². The largest absolute Gasteiger partial charge is 0.147 e. The van der Waals surface area contributed by atoms with Crippen LogP contribution in [0.2, 0.25) is 11.6 Å². The van der Waals surface area contributed by atoms with E-state index in [1.54, 1.807) is 33.0 Å². The highest BCUT2D eigenvalue weighted by Gasteiger charge is 2.21. The molecular weight excluding hydrogens is 190 g/mol. The van der Waals surface area contributed by atoms with Crippen LogP contribution in [0.4, 0.5) is 0 Å². The fourth-order valence-corrected chi connectivity index (χ4v) is 3.32. The highest BCUT2D eigenvalue weighted by atomic mass is 35.5. The second-order valence-corrected chi connectivity index (χ2v) is 5.24. The number of halogens is 1. The Morgan fingerprint density at radius 3 is 1.29 bits per heavy atom. The van der Waals surface area contributed by atoms with Gasteiger partial charge < -0.3 is 0 Å². The van der Waals surface area contributed by atoms with Gasteiger partial charge in [0, 0.05) is 0 Å².